The highest BCUT2D eigenvalue weighted by atomic mass is 19.1. The number of carbonyl (C=O) groups excluding carboxylic acids is 1. The fourth-order valence-electron chi connectivity index (χ4n) is 3.23. The Morgan fingerprint density at radius 3 is 2.50 bits per heavy atom. The summed E-state index contributed by atoms with van der Waals surface area (Å²) < 4.78 is 27.0. The van der Waals surface area contributed by atoms with Crippen molar-refractivity contribution in [3.63, 3.8) is 0 Å². The van der Waals surface area contributed by atoms with Gasteiger partial charge in [0.15, 0.2) is 0 Å². The van der Waals surface area contributed by atoms with Crippen molar-refractivity contribution in [2.45, 2.75) is 45.6 Å². The molecular weight excluding hydrogens is 314 g/mol. The number of piperidine rings is 1. The number of nitrogens with zero attached hydrogens (tertiary/aromatic N) is 1. The molecule has 2 N–H and O–H groups in total. The molecule has 1 saturated heterocycles. The maximum atomic E-state index is 13.9. The lowest BCUT2D eigenvalue weighted by atomic mass is 9.77. The molecule has 2 rings (SSSR count). The molecule has 0 spiro atoms. The van der Waals surface area contributed by atoms with E-state index in [1.54, 1.807) is 4.90 Å². The lowest BCUT2D eigenvalue weighted by Gasteiger charge is -2.40. The van der Waals surface area contributed by atoms with Gasteiger partial charge in [-0.05, 0) is 37.2 Å². The van der Waals surface area contributed by atoms with Crippen LogP contribution in [0.4, 0.5) is 13.6 Å². The van der Waals surface area contributed by atoms with Crippen molar-refractivity contribution in [3.05, 3.63) is 35.4 Å². The summed E-state index contributed by atoms with van der Waals surface area (Å²) in [6.45, 7) is 5.18. The summed E-state index contributed by atoms with van der Waals surface area (Å²) >= 11 is 0. The van der Waals surface area contributed by atoms with Crippen LogP contribution in [0.1, 0.15) is 51.1 Å². The monoisotopic (exact) mass is 340 g/mol. The van der Waals surface area contributed by atoms with Gasteiger partial charge in [-0.15, -0.1) is 0 Å². The molecule has 1 heterocycles. The number of halogens is 2. The number of aliphatic hydroxyl groups excluding tert-OH is 1. The van der Waals surface area contributed by atoms with Gasteiger partial charge in [-0.2, -0.15) is 0 Å². The van der Waals surface area contributed by atoms with Crippen LogP contribution in [0.3, 0.4) is 0 Å². The molecule has 0 bridgehead atoms. The number of urea groups is 1. The summed E-state index contributed by atoms with van der Waals surface area (Å²) in [5.41, 5.74) is 0.201. The molecule has 1 atom stereocenters. The number of carbonyl (C=O) groups is 1. The maximum Gasteiger partial charge on any atom is 0.317 e. The number of nitrogens with one attached hydrogen (secondary N) is 1. The van der Waals surface area contributed by atoms with E-state index in [9.17, 15) is 18.7 Å². The van der Waals surface area contributed by atoms with E-state index in [-0.39, 0.29) is 18.1 Å². The van der Waals surface area contributed by atoms with Crippen LogP contribution in [0.5, 0.6) is 0 Å². The molecule has 6 heteroatoms. The van der Waals surface area contributed by atoms with Gasteiger partial charge in [0.05, 0.1) is 6.04 Å². The Balaban J connectivity index is 2.00. The van der Waals surface area contributed by atoms with Crippen molar-refractivity contribution in [2.24, 2.45) is 5.41 Å². The average molecular weight is 340 g/mol. The molecule has 24 heavy (non-hydrogen) atoms. The minimum atomic E-state index is -0.647. The highest BCUT2D eigenvalue weighted by Gasteiger charge is 2.34. The van der Waals surface area contributed by atoms with Gasteiger partial charge in [-0.1, -0.05) is 19.9 Å². The second-order valence-electron chi connectivity index (χ2n) is 6.57. The third kappa shape index (κ3) is 4.04. The Morgan fingerprint density at radius 2 is 2.00 bits per heavy atom. The second kappa shape index (κ2) is 7.92. The molecule has 1 aromatic carbocycles. The lowest BCUT2D eigenvalue weighted by molar-refractivity contribution is 0.0514. The van der Waals surface area contributed by atoms with Gasteiger partial charge < -0.3 is 15.3 Å². The number of aliphatic hydroxyl groups is 1. The van der Waals surface area contributed by atoms with Gasteiger partial charge >= 0.3 is 6.03 Å². The van der Waals surface area contributed by atoms with Crippen LogP contribution in [0.15, 0.2) is 18.2 Å². The zero-order valence-corrected chi connectivity index (χ0v) is 14.3. The van der Waals surface area contributed by atoms with Crippen LogP contribution >= 0.6 is 0 Å². The first-order valence-corrected chi connectivity index (χ1v) is 8.56. The summed E-state index contributed by atoms with van der Waals surface area (Å²) in [5, 5.41) is 12.4. The average Bonchev–Trinajstić information content (AvgIpc) is 2.60. The lowest BCUT2D eigenvalue weighted by Crippen LogP contribution is -2.49. The van der Waals surface area contributed by atoms with Crippen LogP contribution < -0.4 is 5.32 Å². The molecule has 1 fully saturated rings. The van der Waals surface area contributed by atoms with Gasteiger partial charge in [0.1, 0.15) is 11.6 Å². The zero-order chi connectivity index (χ0) is 17.7. The zero-order valence-electron chi connectivity index (χ0n) is 14.3. The highest BCUT2D eigenvalue weighted by molar-refractivity contribution is 5.74. The molecule has 134 valence electrons. The summed E-state index contributed by atoms with van der Waals surface area (Å²) in [6.07, 6.45) is 2.92. The molecule has 0 aliphatic carbocycles. The quantitative estimate of drug-likeness (QED) is 0.860. The molecule has 2 amide bonds. The first-order valence-electron chi connectivity index (χ1n) is 8.56. The number of amides is 2. The summed E-state index contributed by atoms with van der Waals surface area (Å²) in [4.78, 5) is 14.2. The van der Waals surface area contributed by atoms with Gasteiger partial charge in [-0.25, -0.2) is 13.6 Å². The molecule has 1 aliphatic rings. The number of hydrogen-bond acceptors (Lipinski definition) is 2. The third-order valence-electron chi connectivity index (χ3n) is 5.24. The van der Waals surface area contributed by atoms with Crippen molar-refractivity contribution in [3.8, 4) is 0 Å². The fourth-order valence-corrected chi connectivity index (χ4v) is 3.23. The van der Waals surface area contributed by atoms with E-state index < -0.39 is 17.7 Å². The molecule has 1 aromatic rings. The van der Waals surface area contributed by atoms with Crippen molar-refractivity contribution in [1.29, 1.82) is 0 Å². The van der Waals surface area contributed by atoms with Crippen LogP contribution in [0.2, 0.25) is 0 Å². The van der Waals surface area contributed by atoms with E-state index in [4.69, 9.17) is 0 Å². The number of hydrogen-bond donors (Lipinski definition) is 2. The van der Waals surface area contributed by atoms with Gasteiger partial charge in [0, 0.05) is 31.3 Å². The Kier molecular flexibility index (Phi) is 6.15. The minimum absolute atomic E-state index is 0.0933. The summed E-state index contributed by atoms with van der Waals surface area (Å²) in [5.74, 6) is -1.28. The van der Waals surface area contributed by atoms with Crippen molar-refractivity contribution in [1.82, 2.24) is 10.2 Å². The van der Waals surface area contributed by atoms with Crippen molar-refractivity contribution in [2.75, 3.05) is 19.7 Å². The number of likely N-dealkylation sites (tertiary alicyclic amines) is 1. The van der Waals surface area contributed by atoms with E-state index in [0.29, 0.717) is 25.1 Å². The molecule has 0 radical (unpaired) electrons. The first-order chi connectivity index (χ1) is 11.4. The molecule has 1 unspecified atom stereocenters. The molecule has 1 aliphatic heterocycles. The maximum absolute atomic E-state index is 13.9. The highest BCUT2D eigenvalue weighted by Crippen LogP contribution is 2.34. The summed E-state index contributed by atoms with van der Waals surface area (Å²) in [6, 6.07) is 2.68. The predicted molar refractivity (Wildman–Crippen MR) is 88.5 cm³/mol. The Hall–Kier alpha value is -1.69. The number of benzene rings is 1. The standard InChI is InChI=1S/C18H26F2N2O2/c1-3-16(14-6-5-13(19)11-15(14)20)21-17(24)22-9-7-18(4-2,12-23)8-10-22/h5-6,11,16,23H,3-4,7-10,12H2,1-2H3,(H,21,24). The molecule has 0 saturated carbocycles. The molecule has 4 nitrogen and oxygen atoms in total. The van der Waals surface area contributed by atoms with E-state index in [0.717, 1.165) is 25.3 Å². The topological polar surface area (TPSA) is 52.6 Å². The van der Waals surface area contributed by atoms with E-state index in [1.165, 1.54) is 12.1 Å². The Bertz CT molecular complexity index is 566. The van der Waals surface area contributed by atoms with Gasteiger partial charge in [0.25, 0.3) is 0 Å². The Morgan fingerprint density at radius 1 is 1.33 bits per heavy atom. The van der Waals surface area contributed by atoms with E-state index in [1.807, 2.05) is 6.92 Å². The van der Waals surface area contributed by atoms with E-state index >= 15 is 0 Å². The van der Waals surface area contributed by atoms with Gasteiger partial charge in [0.2, 0.25) is 0 Å². The van der Waals surface area contributed by atoms with Crippen LogP contribution in [0.25, 0.3) is 0 Å². The Labute approximate surface area is 141 Å². The van der Waals surface area contributed by atoms with E-state index in [2.05, 4.69) is 12.2 Å². The van der Waals surface area contributed by atoms with Crippen LogP contribution in [-0.4, -0.2) is 35.7 Å². The number of rotatable bonds is 5. The first kappa shape index (κ1) is 18.6. The smallest absolute Gasteiger partial charge is 0.317 e. The van der Waals surface area contributed by atoms with Crippen LogP contribution in [-0.2, 0) is 0 Å². The second-order valence-corrected chi connectivity index (χ2v) is 6.57. The fraction of sp³-hybridized carbons (Fsp3) is 0.611. The molecular formula is C18H26F2N2O2. The normalized spacial score (nSPS) is 18.3. The van der Waals surface area contributed by atoms with Crippen molar-refractivity contribution >= 4 is 6.03 Å². The van der Waals surface area contributed by atoms with Gasteiger partial charge in [-0.3, -0.25) is 0 Å². The molecule has 0 aromatic heterocycles. The van der Waals surface area contributed by atoms with Crippen LogP contribution in [0, 0.1) is 17.0 Å². The predicted octanol–water partition coefficient (Wildman–Crippen LogP) is 3.61. The SMILES string of the molecule is CCC(NC(=O)N1CCC(CC)(CO)CC1)c1ccc(F)cc1F. The third-order valence-corrected chi connectivity index (χ3v) is 5.24. The minimum Gasteiger partial charge on any atom is -0.396 e. The van der Waals surface area contributed by atoms with Crippen molar-refractivity contribution < 1.29 is 18.7 Å². The summed E-state index contributed by atoms with van der Waals surface area (Å²) in [7, 11) is 0. The largest absolute Gasteiger partial charge is 0.396 e.